The van der Waals surface area contributed by atoms with Crippen LogP contribution < -0.4 is 0 Å². The van der Waals surface area contributed by atoms with E-state index in [4.69, 9.17) is 11.6 Å². The van der Waals surface area contributed by atoms with Crippen LogP contribution in [-0.2, 0) is 0 Å². The van der Waals surface area contributed by atoms with Crippen LogP contribution >= 0.6 is 11.6 Å². The van der Waals surface area contributed by atoms with Gasteiger partial charge in [-0.2, -0.15) is 0 Å². The van der Waals surface area contributed by atoms with Gasteiger partial charge in [0.25, 0.3) is 0 Å². The van der Waals surface area contributed by atoms with E-state index in [1.54, 1.807) is 6.07 Å². The van der Waals surface area contributed by atoms with Crippen molar-refractivity contribution in [3.8, 4) is 0 Å². The summed E-state index contributed by atoms with van der Waals surface area (Å²) < 4.78 is 0. The molecule has 0 bridgehead atoms. The van der Waals surface area contributed by atoms with E-state index < -0.39 is 5.97 Å². The number of halogens is 1. The zero-order valence-electron chi connectivity index (χ0n) is 13.8. The molecule has 0 aliphatic heterocycles. The van der Waals surface area contributed by atoms with Crippen molar-refractivity contribution >= 4 is 17.6 Å². The van der Waals surface area contributed by atoms with E-state index in [-0.39, 0.29) is 11.3 Å². The highest BCUT2D eigenvalue weighted by atomic mass is 35.5. The molecule has 0 saturated carbocycles. The van der Waals surface area contributed by atoms with Crippen molar-refractivity contribution in [2.45, 2.75) is 76.5 Å². The number of carboxylic acid groups (broad SMARTS) is 1. The molecule has 1 radical (unpaired) electrons. The molecule has 3 heteroatoms. The summed E-state index contributed by atoms with van der Waals surface area (Å²) in [4.78, 5) is 11.4. The highest BCUT2D eigenvalue weighted by Crippen LogP contribution is 2.31. The van der Waals surface area contributed by atoms with Crippen molar-refractivity contribution in [1.82, 2.24) is 0 Å². The van der Waals surface area contributed by atoms with Crippen LogP contribution in [0, 0.1) is 6.07 Å². The average molecular weight is 324 g/mol. The van der Waals surface area contributed by atoms with Crippen LogP contribution in [0.5, 0.6) is 0 Å². The molecular weight excluding hydrogens is 296 g/mol. The minimum absolute atomic E-state index is 0.128. The van der Waals surface area contributed by atoms with Gasteiger partial charge < -0.3 is 5.11 Å². The summed E-state index contributed by atoms with van der Waals surface area (Å²) in [6, 6.07) is 8.38. The summed E-state index contributed by atoms with van der Waals surface area (Å²) in [5.74, 6) is -0.614. The Kier molecular flexibility index (Phi) is 9.22. The van der Waals surface area contributed by atoms with E-state index in [0.29, 0.717) is 5.56 Å². The standard InChI is InChI=1S/C19H28ClO2/c1-3-4-5-6-7-10-16(14-13-15(2)20)17-11-8-9-12-18(17)19(21)22/h8-9,11,15-16H,3-7,10,13-14H2,1-2H3,(H,21,22). The zero-order chi connectivity index (χ0) is 16.4. The summed E-state index contributed by atoms with van der Waals surface area (Å²) in [7, 11) is 0. The summed E-state index contributed by atoms with van der Waals surface area (Å²) in [5.41, 5.74) is 1.24. The molecule has 1 rings (SSSR count). The molecule has 1 aromatic rings. The highest BCUT2D eigenvalue weighted by Gasteiger charge is 2.19. The van der Waals surface area contributed by atoms with Gasteiger partial charge in [-0.15, -0.1) is 11.6 Å². The second-order valence-electron chi connectivity index (χ2n) is 6.06. The Bertz CT molecular complexity index is 443. The predicted molar refractivity (Wildman–Crippen MR) is 92.9 cm³/mol. The first-order valence-corrected chi connectivity index (χ1v) is 8.87. The van der Waals surface area contributed by atoms with E-state index in [1.807, 2.05) is 19.1 Å². The molecule has 0 aromatic heterocycles. The molecule has 0 fully saturated rings. The lowest BCUT2D eigenvalue weighted by molar-refractivity contribution is 0.0694. The minimum atomic E-state index is -0.884. The quantitative estimate of drug-likeness (QED) is 0.398. The number of hydrogen-bond acceptors (Lipinski definition) is 1. The van der Waals surface area contributed by atoms with Crippen LogP contribution in [-0.4, -0.2) is 16.5 Å². The smallest absolute Gasteiger partial charge is 0.336 e. The van der Waals surface area contributed by atoms with E-state index in [2.05, 4.69) is 13.0 Å². The van der Waals surface area contributed by atoms with Gasteiger partial charge >= 0.3 is 5.97 Å². The molecule has 0 heterocycles. The Hall–Kier alpha value is -1.02. The summed E-state index contributed by atoms with van der Waals surface area (Å²) >= 11 is 6.09. The summed E-state index contributed by atoms with van der Waals surface area (Å²) in [6.45, 7) is 4.21. The van der Waals surface area contributed by atoms with Crippen LogP contribution in [0.3, 0.4) is 0 Å². The minimum Gasteiger partial charge on any atom is -0.478 e. The maximum atomic E-state index is 11.4. The number of carbonyl (C=O) groups is 1. The Morgan fingerprint density at radius 1 is 1.23 bits per heavy atom. The third-order valence-corrected chi connectivity index (χ3v) is 4.33. The molecule has 22 heavy (non-hydrogen) atoms. The van der Waals surface area contributed by atoms with E-state index in [1.165, 1.54) is 25.7 Å². The molecule has 0 saturated heterocycles. The van der Waals surface area contributed by atoms with Gasteiger partial charge in [-0.1, -0.05) is 57.2 Å². The third-order valence-electron chi connectivity index (χ3n) is 4.11. The molecule has 2 nitrogen and oxygen atoms in total. The SMILES string of the molecule is CCCCCCCC(CCC(C)Cl)c1ccc[c]c1C(=O)O. The van der Waals surface area contributed by atoms with Gasteiger partial charge in [0.15, 0.2) is 0 Å². The van der Waals surface area contributed by atoms with Crippen molar-refractivity contribution in [3.63, 3.8) is 0 Å². The molecule has 2 atom stereocenters. The van der Waals surface area contributed by atoms with Crippen molar-refractivity contribution in [1.29, 1.82) is 0 Å². The predicted octanol–water partition coefficient (Wildman–Crippen LogP) is 6.04. The fourth-order valence-electron chi connectivity index (χ4n) is 2.86. The number of rotatable bonds is 11. The third kappa shape index (κ3) is 6.83. The topological polar surface area (TPSA) is 37.3 Å². The maximum absolute atomic E-state index is 11.4. The lowest BCUT2D eigenvalue weighted by Gasteiger charge is -2.20. The van der Waals surface area contributed by atoms with Gasteiger partial charge in [0.2, 0.25) is 0 Å². The van der Waals surface area contributed by atoms with Gasteiger partial charge in [-0.05, 0) is 43.7 Å². The average Bonchev–Trinajstić information content (AvgIpc) is 2.49. The van der Waals surface area contributed by atoms with E-state index >= 15 is 0 Å². The van der Waals surface area contributed by atoms with Crippen LogP contribution in [0.2, 0.25) is 0 Å². The molecular formula is C19H28ClO2. The normalized spacial score (nSPS) is 13.8. The fraction of sp³-hybridized carbons (Fsp3) is 0.632. The molecule has 2 unspecified atom stereocenters. The Morgan fingerprint density at radius 3 is 2.59 bits per heavy atom. The number of benzene rings is 1. The van der Waals surface area contributed by atoms with E-state index in [0.717, 1.165) is 31.2 Å². The Balaban J connectivity index is 2.74. The van der Waals surface area contributed by atoms with Gasteiger partial charge in [0.05, 0.1) is 5.56 Å². The van der Waals surface area contributed by atoms with E-state index in [9.17, 15) is 9.90 Å². The van der Waals surface area contributed by atoms with Gasteiger partial charge in [-0.3, -0.25) is 0 Å². The molecule has 0 amide bonds. The number of carboxylic acids is 1. The highest BCUT2D eigenvalue weighted by molar-refractivity contribution is 6.20. The lowest BCUT2D eigenvalue weighted by Crippen LogP contribution is -2.09. The van der Waals surface area contributed by atoms with Crippen molar-refractivity contribution in [2.24, 2.45) is 0 Å². The van der Waals surface area contributed by atoms with Crippen molar-refractivity contribution in [2.75, 3.05) is 0 Å². The van der Waals surface area contributed by atoms with Crippen LogP contribution in [0.15, 0.2) is 18.2 Å². The molecule has 1 N–H and O–H groups in total. The first-order chi connectivity index (χ1) is 10.6. The van der Waals surface area contributed by atoms with Gasteiger partial charge in [0, 0.05) is 5.38 Å². The second kappa shape index (κ2) is 10.7. The largest absolute Gasteiger partial charge is 0.478 e. The van der Waals surface area contributed by atoms with Gasteiger partial charge in [0.1, 0.15) is 0 Å². The number of unbranched alkanes of at least 4 members (excludes halogenated alkanes) is 4. The molecule has 123 valence electrons. The lowest BCUT2D eigenvalue weighted by atomic mass is 9.86. The Labute approximate surface area is 139 Å². The van der Waals surface area contributed by atoms with Crippen molar-refractivity contribution in [3.05, 3.63) is 35.4 Å². The molecule has 0 aliphatic carbocycles. The Morgan fingerprint density at radius 2 is 1.95 bits per heavy atom. The van der Waals surface area contributed by atoms with Crippen molar-refractivity contribution < 1.29 is 9.90 Å². The number of alkyl halides is 1. The first kappa shape index (κ1) is 19.0. The molecule has 0 aliphatic rings. The van der Waals surface area contributed by atoms with Crippen LogP contribution in [0.4, 0.5) is 0 Å². The van der Waals surface area contributed by atoms with Crippen LogP contribution in [0.25, 0.3) is 0 Å². The second-order valence-corrected chi connectivity index (χ2v) is 6.81. The van der Waals surface area contributed by atoms with Gasteiger partial charge in [-0.25, -0.2) is 4.79 Å². The number of hydrogen-bond donors (Lipinski definition) is 1. The molecule has 0 spiro atoms. The molecule has 1 aromatic carbocycles. The van der Waals surface area contributed by atoms with Crippen LogP contribution in [0.1, 0.15) is 87.1 Å². The first-order valence-electron chi connectivity index (χ1n) is 8.44. The number of aromatic carboxylic acids is 1. The zero-order valence-corrected chi connectivity index (χ0v) is 14.5. The summed E-state index contributed by atoms with van der Waals surface area (Å²) in [5, 5.41) is 9.50. The monoisotopic (exact) mass is 323 g/mol. The summed E-state index contributed by atoms with van der Waals surface area (Å²) in [6.07, 6.45) is 9.04. The fourth-order valence-corrected chi connectivity index (χ4v) is 2.98. The maximum Gasteiger partial charge on any atom is 0.336 e.